The van der Waals surface area contributed by atoms with Gasteiger partial charge in [0.2, 0.25) is 5.95 Å². The van der Waals surface area contributed by atoms with E-state index >= 15 is 0 Å². The molecule has 0 aliphatic rings. The maximum Gasteiger partial charge on any atom is 0.387 e. The summed E-state index contributed by atoms with van der Waals surface area (Å²) in [5, 5.41) is 0. The fourth-order valence-electron chi connectivity index (χ4n) is 0.571. The molecule has 1 aromatic rings. The van der Waals surface area contributed by atoms with Crippen LogP contribution in [-0.2, 0) is 0 Å². The van der Waals surface area contributed by atoms with Crippen molar-refractivity contribution < 1.29 is 17.9 Å². The van der Waals surface area contributed by atoms with Gasteiger partial charge < -0.3 is 4.74 Å². The highest BCUT2D eigenvalue weighted by molar-refractivity contribution is 9.10. The van der Waals surface area contributed by atoms with Gasteiger partial charge in [0.05, 0.1) is 10.7 Å². The molecule has 0 amide bonds. The Hall–Kier alpha value is -0.780. The molecule has 0 bridgehead atoms. The fourth-order valence-corrected chi connectivity index (χ4v) is 0.899. The topological polar surface area (TPSA) is 22.1 Å². The van der Waals surface area contributed by atoms with Crippen LogP contribution in [0.25, 0.3) is 0 Å². The van der Waals surface area contributed by atoms with Gasteiger partial charge in [-0.2, -0.15) is 13.2 Å². The van der Waals surface area contributed by atoms with Gasteiger partial charge in [-0.15, -0.1) is 0 Å². The van der Waals surface area contributed by atoms with Crippen molar-refractivity contribution in [3.05, 3.63) is 22.7 Å². The van der Waals surface area contributed by atoms with Crippen LogP contribution in [0.2, 0.25) is 0 Å². The first kappa shape index (κ1) is 9.31. The smallest absolute Gasteiger partial charge is 0.387 e. The average Bonchev–Trinajstić information content (AvgIpc) is 1.96. The van der Waals surface area contributed by atoms with Crippen molar-refractivity contribution in [3.63, 3.8) is 0 Å². The van der Waals surface area contributed by atoms with Gasteiger partial charge in [0.25, 0.3) is 0 Å². The summed E-state index contributed by atoms with van der Waals surface area (Å²) in [7, 11) is 0. The van der Waals surface area contributed by atoms with E-state index in [1.165, 1.54) is 0 Å². The number of hydrogen-bond donors (Lipinski definition) is 0. The molecule has 0 atom stereocenters. The highest BCUT2D eigenvalue weighted by atomic mass is 79.9. The second-order valence-corrected chi connectivity index (χ2v) is 2.68. The first-order valence-electron chi connectivity index (χ1n) is 2.85. The second-order valence-electron chi connectivity index (χ2n) is 1.82. The zero-order valence-electron chi connectivity index (χ0n) is 5.60. The van der Waals surface area contributed by atoms with Crippen molar-refractivity contribution >= 4 is 15.9 Å². The lowest BCUT2D eigenvalue weighted by Gasteiger charge is -2.03. The van der Waals surface area contributed by atoms with Gasteiger partial charge in [-0.3, -0.25) is 0 Å². The van der Waals surface area contributed by atoms with Crippen molar-refractivity contribution in [3.8, 4) is 5.75 Å². The SMILES string of the molecule is Fc1ncc(OC(F)F)cc1Br. The molecule has 6 heteroatoms. The summed E-state index contributed by atoms with van der Waals surface area (Å²) in [5.41, 5.74) is 0. The Morgan fingerprint density at radius 2 is 2.17 bits per heavy atom. The Morgan fingerprint density at radius 1 is 1.50 bits per heavy atom. The number of rotatable bonds is 2. The van der Waals surface area contributed by atoms with E-state index in [2.05, 4.69) is 25.7 Å². The molecule has 0 saturated heterocycles. The number of nitrogens with zero attached hydrogens (tertiary/aromatic N) is 1. The van der Waals surface area contributed by atoms with Crippen molar-refractivity contribution in [1.82, 2.24) is 4.98 Å². The van der Waals surface area contributed by atoms with E-state index in [0.29, 0.717) is 0 Å². The van der Waals surface area contributed by atoms with Crippen LogP contribution < -0.4 is 4.74 Å². The monoisotopic (exact) mass is 241 g/mol. The maximum atomic E-state index is 12.4. The molecule has 0 unspecified atom stereocenters. The lowest BCUT2D eigenvalue weighted by Crippen LogP contribution is -2.02. The summed E-state index contributed by atoms with van der Waals surface area (Å²) in [4.78, 5) is 3.16. The number of pyridine rings is 1. The van der Waals surface area contributed by atoms with Crippen LogP contribution in [0.4, 0.5) is 13.2 Å². The van der Waals surface area contributed by atoms with Gasteiger partial charge in [-0.25, -0.2) is 4.98 Å². The molecule has 0 spiro atoms. The number of aromatic nitrogens is 1. The third-order valence-electron chi connectivity index (χ3n) is 0.996. The van der Waals surface area contributed by atoms with Gasteiger partial charge >= 0.3 is 6.61 Å². The molecule has 2 nitrogen and oxygen atoms in total. The Kier molecular flexibility index (Phi) is 2.91. The second kappa shape index (κ2) is 3.75. The lowest BCUT2D eigenvalue weighted by molar-refractivity contribution is -0.0502. The molecule has 0 aromatic carbocycles. The molecule has 66 valence electrons. The van der Waals surface area contributed by atoms with E-state index in [0.717, 1.165) is 12.3 Å². The molecular formula is C6H3BrF3NO. The molecule has 0 saturated carbocycles. The van der Waals surface area contributed by atoms with Crippen LogP contribution in [0.1, 0.15) is 0 Å². The summed E-state index contributed by atoms with van der Waals surface area (Å²) in [6, 6.07) is 1.08. The van der Waals surface area contributed by atoms with Crippen molar-refractivity contribution in [2.24, 2.45) is 0 Å². The summed E-state index contributed by atoms with van der Waals surface area (Å²) in [6.07, 6.45) is 0.881. The number of ether oxygens (including phenoxy) is 1. The van der Waals surface area contributed by atoms with Gasteiger partial charge in [0, 0.05) is 6.07 Å². The number of halogens is 4. The van der Waals surface area contributed by atoms with E-state index in [1.807, 2.05) is 0 Å². The van der Waals surface area contributed by atoms with E-state index in [1.54, 1.807) is 0 Å². The van der Waals surface area contributed by atoms with E-state index in [4.69, 9.17) is 0 Å². The molecule has 1 aromatic heterocycles. The van der Waals surface area contributed by atoms with E-state index in [-0.39, 0.29) is 10.2 Å². The molecule has 0 aliphatic carbocycles. The van der Waals surface area contributed by atoms with Crippen LogP contribution in [0.3, 0.4) is 0 Å². The molecule has 0 fully saturated rings. The minimum absolute atomic E-state index is 0.0133. The fraction of sp³-hybridized carbons (Fsp3) is 0.167. The summed E-state index contributed by atoms with van der Waals surface area (Å²) >= 11 is 2.77. The van der Waals surface area contributed by atoms with Crippen LogP contribution in [0.15, 0.2) is 16.7 Å². The quantitative estimate of drug-likeness (QED) is 0.743. The number of alkyl halides is 2. The molecule has 0 aliphatic heterocycles. The highest BCUT2D eigenvalue weighted by Gasteiger charge is 2.07. The largest absolute Gasteiger partial charge is 0.433 e. The average molecular weight is 242 g/mol. The normalized spacial score (nSPS) is 10.4. The summed E-state index contributed by atoms with van der Waals surface area (Å²) < 4.78 is 39.6. The first-order chi connectivity index (χ1) is 5.59. The lowest BCUT2D eigenvalue weighted by atomic mass is 10.4. The van der Waals surface area contributed by atoms with Gasteiger partial charge in [0.15, 0.2) is 0 Å². The number of hydrogen-bond acceptors (Lipinski definition) is 2. The minimum Gasteiger partial charge on any atom is -0.433 e. The van der Waals surface area contributed by atoms with E-state index < -0.39 is 12.6 Å². The van der Waals surface area contributed by atoms with E-state index in [9.17, 15) is 13.2 Å². The maximum absolute atomic E-state index is 12.4. The van der Waals surface area contributed by atoms with Gasteiger partial charge in [-0.05, 0) is 15.9 Å². The van der Waals surface area contributed by atoms with Crippen LogP contribution in [-0.4, -0.2) is 11.6 Å². The summed E-state index contributed by atoms with van der Waals surface area (Å²) in [5.74, 6) is -0.949. The highest BCUT2D eigenvalue weighted by Crippen LogP contribution is 2.20. The minimum atomic E-state index is -2.93. The van der Waals surface area contributed by atoms with Crippen molar-refractivity contribution in [2.75, 3.05) is 0 Å². The molecular weight excluding hydrogens is 239 g/mol. The molecule has 12 heavy (non-hydrogen) atoms. The Bertz CT molecular complexity index is 281. The Morgan fingerprint density at radius 3 is 2.67 bits per heavy atom. The molecule has 0 radical (unpaired) electrons. The van der Waals surface area contributed by atoms with Crippen molar-refractivity contribution in [1.29, 1.82) is 0 Å². The van der Waals surface area contributed by atoms with Gasteiger partial charge in [-0.1, -0.05) is 0 Å². The summed E-state index contributed by atoms with van der Waals surface area (Å²) in [6.45, 7) is -2.93. The molecule has 1 rings (SSSR count). The zero-order valence-corrected chi connectivity index (χ0v) is 7.19. The third-order valence-corrected chi connectivity index (χ3v) is 1.55. The first-order valence-corrected chi connectivity index (χ1v) is 3.65. The zero-order chi connectivity index (χ0) is 9.14. The van der Waals surface area contributed by atoms with Crippen LogP contribution in [0, 0.1) is 5.95 Å². The Balaban J connectivity index is 2.82. The third kappa shape index (κ3) is 2.37. The van der Waals surface area contributed by atoms with Crippen LogP contribution in [0.5, 0.6) is 5.75 Å². The molecule has 1 heterocycles. The van der Waals surface area contributed by atoms with Crippen LogP contribution >= 0.6 is 15.9 Å². The predicted octanol–water partition coefficient (Wildman–Crippen LogP) is 2.58. The Labute approximate surface area is 74.5 Å². The van der Waals surface area contributed by atoms with Crippen molar-refractivity contribution in [2.45, 2.75) is 6.61 Å². The standard InChI is InChI=1S/C6H3BrF3NO/c7-4-1-3(12-6(9)10)2-11-5(4)8/h1-2,6H. The molecule has 0 N–H and O–H groups in total. The van der Waals surface area contributed by atoms with Gasteiger partial charge in [0.1, 0.15) is 5.75 Å². The predicted molar refractivity (Wildman–Crippen MR) is 38.5 cm³/mol.